The SMILES string of the molecule is C#CC(C)NC(=O)C1(C#N)CC(C)C1. The second-order valence-electron chi connectivity index (χ2n) is 4.07. The lowest BCUT2D eigenvalue weighted by atomic mass is 9.63. The Morgan fingerprint density at radius 2 is 2.29 bits per heavy atom. The van der Waals surface area contributed by atoms with Gasteiger partial charge >= 0.3 is 0 Å². The fourth-order valence-electron chi connectivity index (χ4n) is 1.83. The van der Waals surface area contributed by atoms with Crippen LogP contribution in [0.2, 0.25) is 0 Å². The molecule has 1 atom stereocenters. The fraction of sp³-hybridized carbons (Fsp3) is 0.636. The maximum Gasteiger partial charge on any atom is 0.241 e. The van der Waals surface area contributed by atoms with Gasteiger partial charge in [-0.2, -0.15) is 5.26 Å². The number of hydrogen-bond donors (Lipinski definition) is 1. The molecule has 0 radical (unpaired) electrons. The molecule has 0 aliphatic heterocycles. The van der Waals surface area contributed by atoms with E-state index in [2.05, 4.69) is 17.3 Å². The molecule has 14 heavy (non-hydrogen) atoms. The Labute approximate surface area is 84.5 Å². The number of amides is 1. The van der Waals surface area contributed by atoms with Gasteiger partial charge in [-0.15, -0.1) is 6.42 Å². The smallest absolute Gasteiger partial charge is 0.241 e. The topological polar surface area (TPSA) is 52.9 Å². The number of hydrogen-bond acceptors (Lipinski definition) is 2. The van der Waals surface area contributed by atoms with Gasteiger partial charge in [0.2, 0.25) is 5.91 Å². The minimum Gasteiger partial charge on any atom is -0.341 e. The summed E-state index contributed by atoms with van der Waals surface area (Å²) in [6.07, 6.45) is 6.44. The standard InChI is InChI=1S/C11H14N2O/c1-4-9(3)13-10(14)11(7-12)5-8(2)6-11/h1,8-9H,5-6H2,2-3H3,(H,13,14). The molecule has 1 unspecified atom stereocenters. The van der Waals surface area contributed by atoms with E-state index in [0.717, 1.165) is 0 Å². The second-order valence-corrected chi connectivity index (χ2v) is 4.07. The number of carbonyl (C=O) groups is 1. The van der Waals surface area contributed by atoms with Crippen LogP contribution in [0.4, 0.5) is 0 Å². The minimum atomic E-state index is -0.815. The molecule has 3 heteroatoms. The number of rotatable bonds is 2. The van der Waals surface area contributed by atoms with Crippen molar-refractivity contribution in [3.8, 4) is 18.4 Å². The molecule has 0 aromatic carbocycles. The monoisotopic (exact) mass is 190 g/mol. The van der Waals surface area contributed by atoms with Gasteiger partial charge in [0.05, 0.1) is 12.1 Å². The van der Waals surface area contributed by atoms with Crippen LogP contribution < -0.4 is 5.32 Å². The number of carbonyl (C=O) groups excluding carboxylic acids is 1. The molecule has 1 amide bonds. The maximum atomic E-state index is 11.7. The molecule has 1 aliphatic carbocycles. The van der Waals surface area contributed by atoms with Crippen molar-refractivity contribution in [2.24, 2.45) is 11.3 Å². The van der Waals surface area contributed by atoms with E-state index in [-0.39, 0.29) is 11.9 Å². The fourth-order valence-corrected chi connectivity index (χ4v) is 1.83. The van der Waals surface area contributed by atoms with Gasteiger partial charge in [0.25, 0.3) is 0 Å². The molecule has 74 valence electrons. The van der Waals surface area contributed by atoms with Gasteiger partial charge in [0, 0.05) is 0 Å². The molecule has 0 heterocycles. The van der Waals surface area contributed by atoms with Crippen molar-refractivity contribution in [3.63, 3.8) is 0 Å². The zero-order valence-electron chi connectivity index (χ0n) is 8.50. The van der Waals surface area contributed by atoms with Crippen molar-refractivity contribution in [2.75, 3.05) is 0 Å². The van der Waals surface area contributed by atoms with Crippen molar-refractivity contribution in [1.29, 1.82) is 5.26 Å². The molecule has 1 N–H and O–H groups in total. The summed E-state index contributed by atoms with van der Waals surface area (Å²) < 4.78 is 0. The van der Waals surface area contributed by atoms with Crippen LogP contribution in [0.15, 0.2) is 0 Å². The zero-order valence-corrected chi connectivity index (χ0v) is 8.50. The van der Waals surface area contributed by atoms with E-state index in [1.807, 2.05) is 6.92 Å². The summed E-state index contributed by atoms with van der Waals surface area (Å²) in [5, 5.41) is 11.6. The number of nitrogens with one attached hydrogen (secondary N) is 1. The molecular weight excluding hydrogens is 176 g/mol. The molecule has 1 rings (SSSR count). The minimum absolute atomic E-state index is 0.219. The van der Waals surface area contributed by atoms with Crippen LogP contribution in [0.25, 0.3) is 0 Å². The molecular formula is C11H14N2O. The molecule has 3 nitrogen and oxygen atoms in total. The van der Waals surface area contributed by atoms with Crippen LogP contribution in [0.3, 0.4) is 0 Å². The summed E-state index contributed by atoms with van der Waals surface area (Å²) in [4.78, 5) is 11.7. The summed E-state index contributed by atoms with van der Waals surface area (Å²) >= 11 is 0. The van der Waals surface area contributed by atoms with Crippen LogP contribution >= 0.6 is 0 Å². The van der Waals surface area contributed by atoms with Gasteiger partial charge in [-0.1, -0.05) is 12.8 Å². The van der Waals surface area contributed by atoms with E-state index < -0.39 is 5.41 Å². The first-order chi connectivity index (χ1) is 6.54. The zero-order chi connectivity index (χ0) is 10.8. The third-order valence-corrected chi connectivity index (χ3v) is 2.64. The Balaban J connectivity index is 2.61. The third-order valence-electron chi connectivity index (χ3n) is 2.64. The molecule has 1 aliphatic rings. The molecule has 1 saturated carbocycles. The number of terminal acetylenes is 1. The highest BCUT2D eigenvalue weighted by Gasteiger charge is 2.49. The third kappa shape index (κ3) is 1.72. The Bertz CT molecular complexity index is 315. The predicted octanol–water partition coefficient (Wildman–Crippen LogP) is 1.06. The quantitative estimate of drug-likeness (QED) is 0.662. The van der Waals surface area contributed by atoms with Crippen LogP contribution in [-0.2, 0) is 4.79 Å². The highest BCUT2D eigenvalue weighted by molar-refractivity contribution is 5.86. The molecule has 0 saturated heterocycles. The van der Waals surface area contributed by atoms with Crippen LogP contribution in [0, 0.1) is 35.0 Å². The van der Waals surface area contributed by atoms with Crippen LogP contribution in [0.5, 0.6) is 0 Å². The number of nitriles is 1. The predicted molar refractivity (Wildman–Crippen MR) is 52.9 cm³/mol. The Kier molecular flexibility index (Phi) is 2.81. The summed E-state index contributed by atoms with van der Waals surface area (Å²) in [6.45, 7) is 3.76. The van der Waals surface area contributed by atoms with Crippen molar-refractivity contribution >= 4 is 5.91 Å². The van der Waals surface area contributed by atoms with Crippen LogP contribution in [0.1, 0.15) is 26.7 Å². The van der Waals surface area contributed by atoms with Gasteiger partial charge in [0.1, 0.15) is 5.41 Å². The normalized spacial score (nSPS) is 31.9. The van der Waals surface area contributed by atoms with E-state index >= 15 is 0 Å². The Morgan fingerprint density at radius 3 is 2.64 bits per heavy atom. The second kappa shape index (κ2) is 3.72. The summed E-state index contributed by atoms with van der Waals surface area (Å²) in [6, 6.07) is 1.79. The maximum absolute atomic E-state index is 11.7. The van der Waals surface area contributed by atoms with Gasteiger partial charge in [0.15, 0.2) is 0 Å². The van der Waals surface area contributed by atoms with Gasteiger partial charge in [-0.3, -0.25) is 4.79 Å². The average Bonchev–Trinajstić information content (AvgIpc) is 2.12. The molecule has 0 bridgehead atoms. The van der Waals surface area contributed by atoms with E-state index in [1.54, 1.807) is 6.92 Å². The lowest BCUT2D eigenvalue weighted by Gasteiger charge is -2.39. The highest BCUT2D eigenvalue weighted by atomic mass is 16.2. The van der Waals surface area contributed by atoms with Crippen molar-refractivity contribution < 1.29 is 4.79 Å². The van der Waals surface area contributed by atoms with Crippen molar-refractivity contribution in [1.82, 2.24) is 5.32 Å². The van der Waals surface area contributed by atoms with Crippen LogP contribution in [-0.4, -0.2) is 11.9 Å². The Hall–Kier alpha value is -1.48. The van der Waals surface area contributed by atoms with E-state index in [4.69, 9.17) is 11.7 Å². The Morgan fingerprint density at radius 1 is 1.71 bits per heavy atom. The van der Waals surface area contributed by atoms with Gasteiger partial charge < -0.3 is 5.32 Å². The van der Waals surface area contributed by atoms with E-state index in [9.17, 15) is 4.79 Å². The molecule has 0 aromatic heterocycles. The average molecular weight is 190 g/mol. The van der Waals surface area contributed by atoms with Crippen molar-refractivity contribution in [2.45, 2.75) is 32.7 Å². The first-order valence-electron chi connectivity index (χ1n) is 4.72. The molecule has 1 fully saturated rings. The highest BCUT2D eigenvalue weighted by Crippen LogP contribution is 2.45. The molecule has 0 spiro atoms. The first-order valence-corrected chi connectivity index (χ1v) is 4.72. The van der Waals surface area contributed by atoms with Gasteiger partial charge in [-0.05, 0) is 25.7 Å². The first kappa shape index (κ1) is 10.6. The largest absolute Gasteiger partial charge is 0.341 e. The lowest BCUT2D eigenvalue weighted by molar-refractivity contribution is -0.134. The van der Waals surface area contributed by atoms with E-state index in [0.29, 0.717) is 18.8 Å². The summed E-state index contributed by atoms with van der Waals surface area (Å²) in [7, 11) is 0. The van der Waals surface area contributed by atoms with Crippen molar-refractivity contribution in [3.05, 3.63) is 0 Å². The summed E-state index contributed by atoms with van der Waals surface area (Å²) in [5.74, 6) is 2.65. The number of nitrogens with zero attached hydrogens (tertiary/aromatic N) is 1. The molecule has 0 aromatic rings. The van der Waals surface area contributed by atoms with E-state index in [1.165, 1.54) is 0 Å². The summed E-state index contributed by atoms with van der Waals surface area (Å²) in [5.41, 5.74) is -0.815. The lowest BCUT2D eigenvalue weighted by Crippen LogP contribution is -2.50. The van der Waals surface area contributed by atoms with Gasteiger partial charge in [-0.25, -0.2) is 0 Å².